The maximum atomic E-state index is 12.0. The molecule has 1 atom stereocenters. The number of amides is 1. The van der Waals surface area contributed by atoms with Gasteiger partial charge in [0.25, 0.3) is 5.91 Å². The van der Waals surface area contributed by atoms with Gasteiger partial charge in [-0.1, -0.05) is 29.9 Å². The van der Waals surface area contributed by atoms with Gasteiger partial charge < -0.3 is 16.0 Å². The van der Waals surface area contributed by atoms with Crippen molar-refractivity contribution in [2.75, 3.05) is 25.5 Å². The molecule has 1 amide bonds. The summed E-state index contributed by atoms with van der Waals surface area (Å²) in [4.78, 5) is 13.4. The highest BCUT2D eigenvalue weighted by Gasteiger charge is 2.13. The van der Waals surface area contributed by atoms with Crippen LogP contribution >= 0.6 is 12.2 Å². The number of rotatable bonds is 5. The van der Waals surface area contributed by atoms with Crippen LogP contribution in [0.25, 0.3) is 0 Å². The molecule has 104 valence electrons. The first-order valence-electron chi connectivity index (χ1n) is 6.27. The van der Waals surface area contributed by atoms with Crippen LogP contribution in [-0.4, -0.2) is 31.0 Å². The van der Waals surface area contributed by atoms with Gasteiger partial charge in [-0.3, -0.25) is 4.79 Å². The Morgan fingerprint density at radius 3 is 2.26 bits per heavy atom. The molecule has 0 aromatic heterocycles. The van der Waals surface area contributed by atoms with Crippen molar-refractivity contribution in [2.24, 2.45) is 5.73 Å². The lowest BCUT2D eigenvalue weighted by atomic mass is 10.1. The molecule has 1 aromatic rings. The zero-order valence-corrected chi connectivity index (χ0v) is 12.8. The van der Waals surface area contributed by atoms with Crippen molar-refractivity contribution in [3.05, 3.63) is 28.8 Å². The Kier molecular flexibility index (Phi) is 5.44. The molecule has 0 aliphatic rings. The highest BCUT2D eigenvalue weighted by molar-refractivity contribution is 7.80. The number of hydrogen-bond acceptors (Lipinski definition) is 2. The van der Waals surface area contributed by atoms with Gasteiger partial charge in [0.2, 0.25) is 0 Å². The molecule has 0 spiro atoms. The number of nitrogens with one attached hydrogen (secondary N) is 2. The molecule has 4 N–H and O–H groups in total. The van der Waals surface area contributed by atoms with Gasteiger partial charge in [0.15, 0.2) is 6.54 Å². The van der Waals surface area contributed by atoms with E-state index in [4.69, 9.17) is 18.0 Å². The molecule has 19 heavy (non-hydrogen) atoms. The molecule has 1 unspecified atom stereocenters. The Morgan fingerprint density at radius 1 is 1.26 bits per heavy atom. The number of nitrogens with two attached hydrogens (primary N) is 1. The van der Waals surface area contributed by atoms with Crippen LogP contribution in [0.2, 0.25) is 0 Å². The third-order valence-corrected chi connectivity index (χ3v) is 3.02. The van der Waals surface area contributed by atoms with Crippen LogP contribution in [0, 0.1) is 20.8 Å². The summed E-state index contributed by atoms with van der Waals surface area (Å²) in [6, 6.07) is 4.13. The SMILES string of the molecule is Cc1cc(C)c(NC(=O)C[NH+](C)CC(N)=S)c(C)c1. The topological polar surface area (TPSA) is 59.6 Å². The second-order valence-electron chi connectivity index (χ2n) is 5.10. The molecule has 0 bridgehead atoms. The van der Waals surface area contributed by atoms with Gasteiger partial charge in [0.05, 0.1) is 7.05 Å². The lowest BCUT2D eigenvalue weighted by Crippen LogP contribution is -3.11. The van der Waals surface area contributed by atoms with Crippen LogP contribution in [0.15, 0.2) is 12.1 Å². The van der Waals surface area contributed by atoms with Gasteiger partial charge in [-0.15, -0.1) is 0 Å². The first kappa shape index (κ1) is 15.6. The summed E-state index contributed by atoms with van der Waals surface area (Å²) >= 11 is 4.84. The normalized spacial score (nSPS) is 12.0. The van der Waals surface area contributed by atoms with E-state index in [-0.39, 0.29) is 5.91 Å². The molecular formula is C14H22N3OS+. The highest BCUT2D eigenvalue weighted by atomic mass is 32.1. The molecule has 0 saturated carbocycles. The average Bonchev–Trinajstić information content (AvgIpc) is 2.21. The summed E-state index contributed by atoms with van der Waals surface area (Å²) in [6.07, 6.45) is 0. The minimum atomic E-state index is -0.0243. The van der Waals surface area contributed by atoms with Gasteiger partial charge in [-0.05, 0) is 31.9 Å². The van der Waals surface area contributed by atoms with Gasteiger partial charge in [0, 0.05) is 5.69 Å². The van der Waals surface area contributed by atoms with E-state index in [9.17, 15) is 4.79 Å². The number of anilines is 1. The van der Waals surface area contributed by atoms with E-state index in [0.717, 1.165) is 21.7 Å². The minimum Gasteiger partial charge on any atom is -0.389 e. The lowest BCUT2D eigenvalue weighted by molar-refractivity contribution is -0.861. The third-order valence-electron chi connectivity index (χ3n) is 2.88. The molecule has 0 heterocycles. The smallest absolute Gasteiger partial charge is 0.279 e. The predicted octanol–water partition coefficient (Wildman–Crippen LogP) is 0.351. The Balaban J connectivity index is 2.70. The van der Waals surface area contributed by atoms with Crippen LogP contribution < -0.4 is 16.0 Å². The Morgan fingerprint density at radius 2 is 1.79 bits per heavy atom. The molecule has 5 heteroatoms. The maximum Gasteiger partial charge on any atom is 0.279 e. The molecule has 1 rings (SSSR count). The zero-order chi connectivity index (χ0) is 14.6. The average molecular weight is 280 g/mol. The van der Waals surface area contributed by atoms with Crippen molar-refractivity contribution in [1.29, 1.82) is 0 Å². The highest BCUT2D eigenvalue weighted by Crippen LogP contribution is 2.21. The summed E-state index contributed by atoms with van der Waals surface area (Å²) < 4.78 is 0. The van der Waals surface area contributed by atoms with E-state index in [0.29, 0.717) is 18.1 Å². The van der Waals surface area contributed by atoms with E-state index >= 15 is 0 Å². The predicted molar refractivity (Wildman–Crippen MR) is 82.7 cm³/mol. The molecule has 0 aliphatic heterocycles. The summed E-state index contributed by atoms with van der Waals surface area (Å²) in [6.45, 7) is 6.92. The molecule has 0 saturated heterocycles. The van der Waals surface area contributed by atoms with Crippen LogP contribution in [0.1, 0.15) is 16.7 Å². The van der Waals surface area contributed by atoms with E-state index in [1.54, 1.807) is 0 Å². The van der Waals surface area contributed by atoms with Crippen molar-refractivity contribution in [3.8, 4) is 0 Å². The van der Waals surface area contributed by atoms with E-state index in [1.807, 2.05) is 27.8 Å². The minimum absolute atomic E-state index is 0.0243. The Hall–Kier alpha value is -1.46. The fourth-order valence-corrected chi connectivity index (χ4v) is 2.44. The van der Waals surface area contributed by atoms with E-state index in [1.165, 1.54) is 5.56 Å². The number of hydrogen-bond donors (Lipinski definition) is 3. The van der Waals surface area contributed by atoms with Crippen molar-refractivity contribution in [1.82, 2.24) is 0 Å². The number of carbonyl (C=O) groups excluding carboxylic acids is 1. The van der Waals surface area contributed by atoms with Crippen LogP contribution in [0.5, 0.6) is 0 Å². The second kappa shape index (κ2) is 6.63. The first-order valence-corrected chi connectivity index (χ1v) is 6.67. The molecular weight excluding hydrogens is 258 g/mol. The number of likely N-dealkylation sites (N-methyl/N-ethyl adjacent to an activating group) is 1. The first-order chi connectivity index (χ1) is 8.79. The second-order valence-corrected chi connectivity index (χ2v) is 5.62. The number of thiocarbonyl (C=S) groups is 1. The van der Waals surface area contributed by atoms with E-state index in [2.05, 4.69) is 17.4 Å². The number of quaternary nitrogens is 1. The van der Waals surface area contributed by atoms with Crippen LogP contribution in [-0.2, 0) is 4.79 Å². The third kappa shape index (κ3) is 4.96. The fraction of sp³-hybridized carbons (Fsp3) is 0.429. The lowest BCUT2D eigenvalue weighted by Gasteiger charge is -2.15. The quantitative estimate of drug-likeness (QED) is 0.682. The molecule has 0 aliphatic carbocycles. The molecule has 4 nitrogen and oxygen atoms in total. The van der Waals surface area contributed by atoms with E-state index < -0.39 is 0 Å². The maximum absolute atomic E-state index is 12.0. The summed E-state index contributed by atoms with van der Waals surface area (Å²) in [5.74, 6) is -0.0243. The van der Waals surface area contributed by atoms with Gasteiger partial charge in [0.1, 0.15) is 11.5 Å². The fourth-order valence-electron chi connectivity index (χ4n) is 2.19. The van der Waals surface area contributed by atoms with Gasteiger partial charge in [-0.25, -0.2) is 0 Å². The molecule has 0 radical (unpaired) electrons. The standard InChI is InChI=1S/C14H21N3OS/c1-9-5-10(2)14(11(3)6-9)16-13(18)8-17(4)7-12(15)19/h5-6H,7-8H2,1-4H3,(H2,15,19)(H,16,18)/p+1. The van der Waals surface area contributed by atoms with Crippen molar-refractivity contribution in [2.45, 2.75) is 20.8 Å². The largest absolute Gasteiger partial charge is 0.389 e. The summed E-state index contributed by atoms with van der Waals surface area (Å²) in [7, 11) is 1.90. The molecule has 1 aromatic carbocycles. The summed E-state index contributed by atoms with van der Waals surface area (Å²) in [5, 5.41) is 2.97. The number of carbonyl (C=O) groups is 1. The van der Waals surface area contributed by atoms with Gasteiger partial charge in [-0.2, -0.15) is 0 Å². The van der Waals surface area contributed by atoms with Crippen LogP contribution in [0.4, 0.5) is 5.69 Å². The van der Waals surface area contributed by atoms with Crippen molar-refractivity contribution >= 4 is 28.8 Å². The van der Waals surface area contributed by atoms with Crippen molar-refractivity contribution < 1.29 is 9.69 Å². The zero-order valence-electron chi connectivity index (χ0n) is 12.0. The Labute approximate surface area is 120 Å². The Bertz CT molecular complexity index is 476. The molecule has 0 fully saturated rings. The van der Waals surface area contributed by atoms with Crippen LogP contribution in [0.3, 0.4) is 0 Å². The number of aryl methyl sites for hydroxylation is 3. The number of benzene rings is 1. The monoisotopic (exact) mass is 280 g/mol. The van der Waals surface area contributed by atoms with Gasteiger partial charge >= 0.3 is 0 Å². The summed E-state index contributed by atoms with van der Waals surface area (Å²) in [5.41, 5.74) is 9.73. The van der Waals surface area contributed by atoms with Crippen molar-refractivity contribution in [3.63, 3.8) is 0 Å².